The summed E-state index contributed by atoms with van der Waals surface area (Å²) in [4.78, 5) is 11.1. The molecular formula is C7H9N3O2. The number of esters is 1. The fraction of sp³-hybridized carbons (Fsp3) is 0.429. The Labute approximate surface area is 69.1 Å². The minimum atomic E-state index is -0.276. The van der Waals surface area contributed by atoms with E-state index in [1.54, 1.807) is 10.9 Å². The molecule has 0 saturated carbocycles. The molecule has 2 rings (SSSR count). The van der Waals surface area contributed by atoms with E-state index < -0.39 is 0 Å². The predicted octanol–water partition coefficient (Wildman–Crippen LogP) is -0.0467. The van der Waals surface area contributed by atoms with Gasteiger partial charge in [-0.05, 0) is 0 Å². The van der Waals surface area contributed by atoms with Gasteiger partial charge in [-0.2, -0.15) is 5.10 Å². The third-order valence-electron chi connectivity index (χ3n) is 1.85. The molecule has 0 spiro atoms. The lowest BCUT2D eigenvalue weighted by Gasteiger charge is -2.03. The van der Waals surface area contributed by atoms with Crippen molar-refractivity contribution in [1.82, 2.24) is 9.78 Å². The molecule has 5 nitrogen and oxygen atoms in total. The summed E-state index contributed by atoms with van der Waals surface area (Å²) in [6.07, 6.45) is 3.84. The summed E-state index contributed by atoms with van der Waals surface area (Å²) in [5.41, 5.74) is 6.02. The molecule has 0 aromatic carbocycles. The quantitative estimate of drug-likeness (QED) is 0.595. The number of cyclic esters (lactones) is 1. The number of rotatable bonds is 1. The summed E-state index contributed by atoms with van der Waals surface area (Å²) in [6, 6.07) is -0.276. The van der Waals surface area contributed by atoms with Crippen molar-refractivity contribution < 1.29 is 9.53 Å². The van der Waals surface area contributed by atoms with Crippen LogP contribution in [0.15, 0.2) is 12.4 Å². The molecule has 1 atom stereocenters. The van der Waals surface area contributed by atoms with Gasteiger partial charge in [-0.25, -0.2) is 4.79 Å². The highest BCUT2D eigenvalue weighted by atomic mass is 16.5. The van der Waals surface area contributed by atoms with Crippen LogP contribution in [0.1, 0.15) is 12.5 Å². The molecule has 2 N–H and O–H groups in total. The molecule has 1 aliphatic rings. The molecule has 1 aliphatic heterocycles. The lowest BCUT2D eigenvalue weighted by molar-refractivity contribution is -0.140. The largest absolute Gasteiger partial charge is 0.464 e. The molecule has 1 aromatic heterocycles. The Morgan fingerprint density at radius 3 is 3.08 bits per heavy atom. The van der Waals surface area contributed by atoms with Gasteiger partial charge in [0.1, 0.15) is 0 Å². The van der Waals surface area contributed by atoms with Crippen molar-refractivity contribution in [3.63, 3.8) is 0 Å². The predicted molar refractivity (Wildman–Crippen MR) is 41.3 cm³/mol. The van der Waals surface area contributed by atoms with Gasteiger partial charge in [0.15, 0.2) is 6.04 Å². The maximum atomic E-state index is 11.1. The van der Waals surface area contributed by atoms with E-state index >= 15 is 0 Å². The van der Waals surface area contributed by atoms with Crippen molar-refractivity contribution in [2.75, 3.05) is 12.3 Å². The van der Waals surface area contributed by atoms with Gasteiger partial charge in [0, 0.05) is 12.6 Å². The molecule has 0 radical (unpaired) electrons. The van der Waals surface area contributed by atoms with Crippen molar-refractivity contribution in [1.29, 1.82) is 0 Å². The number of hydrogen-bond donors (Lipinski definition) is 1. The van der Waals surface area contributed by atoms with Crippen LogP contribution in [0, 0.1) is 0 Å². The van der Waals surface area contributed by atoms with E-state index in [0.29, 0.717) is 18.7 Å². The highest BCUT2D eigenvalue weighted by Gasteiger charge is 2.28. The summed E-state index contributed by atoms with van der Waals surface area (Å²) in [7, 11) is 0. The van der Waals surface area contributed by atoms with Crippen molar-refractivity contribution in [2.24, 2.45) is 0 Å². The molecule has 1 unspecified atom stereocenters. The third-order valence-corrected chi connectivity index (χ3v) is 1.85. The average molecular weight is 167 g/mol. The first-order valence-electron chi connectivity index (χ1n) is 3.73. The summed E-state index contributed by atoms with van der Waals surface area (Å²) >= 11 is 0. The molecule has 5 heteroatoms. The Hall–Kier alpha value is -1.52. The number of nitrogens with zero attached hydrogens (tertiary/aromatic N) is 2. The number of aromatic nitrogens is 2. The van der Waals surface area contributed by atoms with Crippen LogP contribution >= 0.6 is 0 Å². The van der Waals surface area contributed by atoms with Gasteiger partial charge in [0.2, 0.25) is 0 Å². The zero-order valence-corrected chi connectivity index (χ0v) is 6.43. The van der Waals surface area contributed by atoms with E-state index in [9.17, 15) is 4.79 Å². The molecule has 2 heterocycles. The van der Waals surface area contributed by atoms with Gasteiger partial charge < -0.3 is 10.5 Å². The van der Waals surface area contributed by atoms with Gasteiger partial charge >= 0.3 is 5.97 Å². The van der Waals surface area contributed by atoms with Crippen molar-refractivity contribution in [3.05, 3.63) is 12.4 Å². The topological polar surface area (TPSA) is 70.1 Å². The molecule has 1 saturated heterocycles. The van der Waals surface area contributed by atoms with Gasteiger partial charge in [-0.1, -0.05) is 0 Å². The Morgan fingerprint density at radius 1 is 1.75 bits per heavy atom. The van der Waals surface area contributed by atoms with Crippen molar-refractivity contribution in [2.45, 2.75) is 12.5 Å². The normalized spacial score (nSPS) is 22.7. The zero-order chi connectivity index (χ0) is 8.55. The second kappa shape index (κ2) is 2.51. The first kappa shape index (κ1) is 7.15. The standard InChI is InChI=1S/C7H9N3O2/c8-5-3-9-10(4-5)6-1-2-12-7(6)11/h3-4,6H,1-2,8H2. The minimum Gasteiger partial charge on any atom is -0.464 e. The zero-order valence-electron chi connectivity index (χ0n) is 6.43. The van der Waals surface area contributed by atoms with Crippen molar-refractivity contribution >= 4 is 11.7 Å². The van der Waals surface area contributed by atoms with Gasteiger partial charge in [0.05, 0.1) is 18.5 Å². The van der Waals surface area contributed by atoms with Crippen LogP contribution in [-0.4, -0.2) is 22.4 Å². The second-order valence-corrected chi connectivity index (χ2v) is 2.73. The molecule has 12 heavy (non-hydrogen) atoms. The SMILES string of the molecule is Nc1cnn(C2CCOC2=O)c1. The molecule has 1 fully saturated rings. The van der Waals surface area contributed by atoms with E-state index in [1.165, 1.54) is 6.20 Å². The van der Waals surface area contributed by atoms with Crippen LogP contribution < -0.4 is 5.73 Å². The molecule has 0 aliphatic carbocycles. The van der Waals surface area contributed by atoms with E-state index in [1.807, 2.05) is 0 Å². The maximum absolute atomic E-state index is 11.1. The second-order valence-electron chi connectivity index (χ2n) is 2.73. The van der Waals surface area contributed by atoms with Crippen LogP contribution in [0.25, 0.3) is 0 Å². The fourth-order valence-corrected chi connectivity index (χ4v) is 1.25. The van der Waals surface area contributed by atoms with E-state index in [-0.39, 0.29) is 12.0 Å². The number of ether oxygens (including phenoxy) is 1. The number of hydrogen-bond acceptors (Lipinski definition) is 4. The molecule has 0 amide bonds. The monoisotopic (exact) mass is 167 g/mol. The first-order valence-corrected chi connectivity index (χ1v) is 3.73. The Bertz CT molecular complexity index is 307. The fourth-order valence-electron chi connectivity index (χ4n) is 1.25. The average Bonchev–Trinajstić information content (AvgIpc) is 2.58. The Balaban J connectivity index is 2.24. The highest BCUT2D eigenvalue weighted by Crippen LogP contribution is 2.19. The molecular weight excluding hydrogens is 158 g/mol. The van der Waals surface area contributed by atoms with Gasteiger partial charge in [-0.15, -0.1) is 0 Å². The van der Waals surface area contributed by atoms with Crippen LogP contribution in [-0.2, 0) is 9.53 Å². The van der Waals surface area contributed by atoms with E-state index in [4.69, 9.17) is 10.5 Å². The summed E-state index contributed by atoms with van der Waals surface area (Å²) in [6.45, 7) is 0.475. The number of anilines is 1. The molecule has 1 aromatic rings. The Morgan fingerprint density at radius 2 is 2.58 bits per heavy atom. The molecule has 0 bridgehead atoms. The number of carbonyl (C=O) groups is 1. The Kier molecular flexibility index (Phi) is 1.49. The third kappa shape index (κ3) is 1.03. The van der Waals surface area contributed by atoms with Gasteiger partial charge in [-0.3, -0.25) is 4.68 Å². The lowest BCUT2D eigenvalue weighted by Crippen LogP contribution is -2.14. The smallest absolute Gasteiger partial charge is 0.331 e. The van der Waals surface area contributed by atoms with E-state index in [2.05, 4.69) is 5.10 Å². The van der Waals surface area contributed by atoms with Gasteiger partial charge in [0.25, 0.3) is 0 Å². The van der Waals surface area contributed by atoms with Crippen molar-refractivity contribution in [3.8, 4) is 0 Å². The lowest BCUT2D eigenvalue weighted by atomic mass is 10.2. The number of nitrogen functional groups attached to an aromatic ring is 1. The summed E-state index contributed by atoms with van der Waals surface area (Å²) in [5.74, 6) is -0.224. The van der Waals surface area contributed by atoms with Crippen LogP contribution in [0.4, 0.5) is 5.69 Å². The summed E-state index contributed by atoms with van der Waals surface area (Å²) in [5, 5.41) is 3.94. The number of nitrogens with two attached hydrogens (primary N) is 1. The molecule has 64 valence electrons. The van der Waals surface area contributed by atoms with E-state index in [0.717, 1.165) is 0 Å². The van der Waals surface area contributed by atoms with Crippen LogP contribution in [0.2, 0.25) is 0 Å². The number of carbonyl (C=O) groups excluding carboxylic acids is 1. The van der Waals surface area contributed by atoms with Crippen LogP contribution in [0.5, 0.6) is 0 Å². The minimum absolute atomic E-state index is 0.224. The van der Waals surface area contributed by atoms with Crippen LogP contribution in [0.3, 0.4) is 0 Å². The maximum Gasteiger partial charge on any atom is 0.331 e. The summed E-state index contributed by atoms with van der Waals surface area (Å²) < 4.78 is 6.33. The highest BCUT2D eigenvalue weighted by molar-refractivity contribution is 5.75. The first-order chi connectivity index (χ1) is 5.77.